The molecule has 0 radical (unpaired) electrons. The molecule has 2 atom stereocenters. The number of quaternary nitrogens is 1. The molecule has 9 heteroatoms. The van der Waals surface area contributed by atoms with Gasteiger partial charge in [0.15, 0.2) is 0 Å². The van der Waals surface area contributed by atoms with Gasteiger partial charge in [0.25, 0.3) is 7.82 Å². The molecular formula is C41H84NO7P. The van der Waals surface area contributed by atoms with Crippen molar-refractivity contribution in [2.24, 2.45) is 0 Å². The third kappa shape index (κ3) is 38.7. The minimum absolute atomic E-state index is 0.0303. The lowest BCUT2D eigenvalue weighted by Gasteiger charge is -2.28. The van der Waals surface area contributed by atoms with Crippen molar-refractivity contribution in [3.05, 3.63) is 0 Å². The molecule has 0 aromatic rings. The van der Waals surface area contributed by atoms with Crippen LogP contribution < -0.4 is 4.89 Å². The highest BCUT2D eigenvalue weighted by Gasteiger charge is 2.20. The van der Waals surface area contributed by atoms with Crippen LogP contribution in [0.5, 0.6) is 0 Å². The van der Waals surface area contributed by atoms with Crippen LogP contribution in [0, 0.1) is 0 Å². The predicted molar refractivity (Wildman–Crippen MR) is 208 cm³/mol. The van der Waals surface area contributed by atoms with Crippen molar-refractivity contribution in [2.75, 3.05) is 54.1 Å². The molecule has 0 saturated heterocycles. The van der Waals surface area contributed by atoms with E-state index in [0.29, 0.717) is 24.1 Å². The van der Waals surface area contributed by atoms with Crippen LogP contribution in [0.4, 0.5) is 0 Å². The van der Waals surface area contributed by atoms with Gasteiger partial charge in [-0.1, -0.05) is 181 Å². The second-order valence-corrected chi connectivity index (χ2v) is 17.1. The van der Waals surface area contributed by atoms with Gasteiger partial charge in [0.2, 0.25) is 0 Å². The van der Waals surface area contributed by atoms with E-state index in [4.69, 9.17) is 18.5 Å². The summed E-state index contributed by atoms with van der Waals surface area (Å²) in [6.07, 6.45) is 35.9. The first kappa shape index (κ1) is 49.5. The van der Waals surface area contributed by atoms with Crippen LogP contribution in [-0.2, 0) is 27.9 Å². The summed E-state index contributed by atoms with van der Waals surface area (Å²) in [5.74, 6) is -0.343. The summed E-state index contributed by atoms with van der Waals surface area (Å²) in [5, 5.41) is 0. The van der Waals surface area contributed by atoms with E-state index in [2.05, 4.69) is 13.8 Å². The lowest BCUT2D eigenvalue weighted by molar-refractivity contribution is -0.870. The largest absolute Gasteiger partial charge is 0.756 e. The van der Waals surface area contributed by atoms with Gasteiger partial charge < -0.3 is 27.9 Å². The standard InChI is InChI=1S/C41H84NO7P/c1-6-8-10-12-13-14-15-16-17-18-19-20-21-22-23-24-25-26-27-28-29-31-33-36-46-38-40(49-41(43)34-32-30-11-9-7-2)39-48-50(44,45)47-37-35-42(3,4)5/h40H,6-39H2,1-5H3. The highest BCUT2D eigenvalue weighted by molar-refractivity contribution is 7.45. The number of phosphoric ester groups is 1. The Hall–Kier alpha value is -0.500. The monoisotopic (exact) mass is 734 g/mol. The normalized spacial score (nSPS) is 13.8. The van der Waals surface area contributed by atoms with Gasteiger partial charge in [-0.3, -0.25) is 9.36 Å². The zero-order valence-corrected chi connectivity index (χ0v) is 34.8. The molecule has 0 aliphatic carbocycles. The molecule has 0 spiro atoms. The van der Waals surface area contributed by atoms with Gasteiger partial charge in [0.05, 0.1) is 34.4 Å². The molecule has 0 aliphatic rings. The first-order chi connectivity index (χ1) is 24.1. The quantitative estimate of drug-likeness (QED) is 0.0268. The predicted octanol–water partition coefficient (Wildman–Crippen LogP) is 11.5. The van der Waals surface area contributed by atoms with Gasteiger partial charge in [0, 0.05) is 13.0 Å². The number of hydrogen-bond acceptors (Lipinski definition) is 7. The van der Waals surface area contributed by atoms with Crippen molar-refractivity contribution in [3.8, 4) is 0 Å². The Morgan fingerprint density at radius 3 is 1.32 bits per heavy atom. The second kappa shape index (κ2) is 35.5. The van der Waals surface area contributed by atoms with Gasteiger partial charge in [-0.15, -0.1) is 0 Å². The number of hydrogen-bond donors (Lipinski definition) is 0. The van der Waals surface area contributed by atoms with E-state index in [1.54, 1.807) is 0 Å². The van der Waals surface area contributed by atoms with Crippen molar-refractivity contribution < 1.29 is 37.3 Å². The van der Waals surface area contributed by atoms with Gasteiger partial charge in [-0.05, 0) is 12.8 Å². The van der Waals surface area contributed by atoms with E-state index in [1.165, 1.54) is 135 Å². The lowest BCUT2D eigenvalue weighted by atomic mass is 10.0. The second-order valence-electron chi connectivity index (χ2n) is 15.7. The average Bonchev–Trinajstić information content (AvgIpc) is 3.06. The average molecular weight is 734 g/mol. The summed E-state index contributed by atoms with van der Waals surface area (Å²) < 4.78 is 34.3. The first-order valence-electron chi connectivity index (χ1n) is 21.3. The molecule has 0 saturated carbocycles. The minimum atomic E-state index is -4.50. The summed E-state index contributed by atoms with van der Waals surface area (Å²) in [6, 6.07) is 0. The van der Waals surface area contributed by atoms with Crippen LogP contribution in [0.2, 0.25) is 0 Å². The molecule has 0 rings (SSSR count). The molecule has 0 fully saturated rings. The molecule has 2 unspecified atom stereocenters. The number of esters is 1. The van der Waals surface area contributed by atoms with E-state index >= 15 is 0 Å². The molecule has 300 valence electrons. The number of carbonyl (C=O) groups is 1. The Kier molecular flexibility index (Phi) is 35.2. The van der Waals surface area contributed by atoms with Crippen LogP contribution in [-0.4, -0.2) is 70.7 Å². The Labute approximate surface area is 310 Å². The minimum Gasteiger partial charge on any atom is -0.756 e. The van der Waals surface area contributed by atoms with Crippen LogP contribution in [0.1, 0.15) is 200 Å². The SMILES string of the molecule is CCCCCCCCCCCCCCCCCCCCCCCCCOCC(COP(=O)([O-])OCC[N+](C)(C)C)OC(=O)CCCCCCC. The number of ether oxygens (including phenoxy) is 2. The maximum atomic E-state index is 12.4. The van der Waals surface area contributed by atoms with Crippen LogP contribution in [0.3, 0.4) is 0 Å². The van der Waals surface area contributed by atoms with Crippen LogP contribution in [0.15, 0.2) is 0 Å². The Morgan fingerprint density at radius 2 is 0.920 bits per heavy atom. The number of phosphoric acid groups is 1. The summed E-state index contributed by atoms with van der Waals surface area (Å²) in [4.78, 5) is 24.7. The molecule has 0 bridgehead atoms. The van der Waals surface area contributed by atoms with Crippen LogP contribution >= 0.6 is 7.82 Å². The maximum Gasteiger partial charge on any atom is 0.306 e. The Bertz CT molecular complexity index is 777. The number of nitrogens with zero attached hydrogens (tertiary/aromatic N) is 1. The topological polar surface area (TPSA) is 94.1 Å². The molecular weight excluding hydrogens is 649 g/mol. The maximum absolute atomic E-state index is 12.4. The molecule has 0 amide bonds. The first-order valence-corrected chi connectivity index (χ1v) is 22.7. The van der Waals surface area contributed by atoms with E-state index in [0.717, 1.165) is 44.9 Å². The van der Waals surface area contributed by atoms with Gasteiger partial charge in [0.1, 0.15) is 19.3 Å². The molecule has 50 heavy (non-hydrogen) atoms. The van der Waals surface area contributed by atoms with Gasteiger partial charge in [-0.2, -0.15) is 0 Å². The van der Waals surface area contributed by atoms with Crippen molar-refractivity contribution in [1.29, 1.82) is 0 Å². The van der Waals surface area contributed by atoms with E-state index < -0.39 is 13.9 Å². The fourth-order valence-corrected chi connectivity index (χ4v) is 6.81. The van der Waals surface area contributed by atoms with E-state index in [-0.39, 0.29) is 25.8 Å². The Balaban J connectivity index is 3.87. The highest BCUT2D eigenvalue weighted by atomic mass is 31.2. The summed E-state index contributed by atoms with van der Waals surface area (Å²) in [6.45, 7) is 5.36. The van der Waals surface area contributed by atoms with Gasteiger partial charge in [-0.25, -0.2) is 0 Å². The zero-order chi connectivity index (χ0) is 37.0. The molecule has 0 aromatic heterocycles. The lowest BCUT2D eigenvalue weighted by Crippen LogP contribution is -2.37. The number of unbranched alkanes of at least 4 members (excludes halogenated alkanes) is 26. The van der Waals surface area contributed by atoms with E-state index in [9.17, 15) is 14.3 Å². The van der Waals surface area contributed by atoms with Crippen LogP contribution in [0.25, 0.3) is 0 Å². The zero-order valence-electron chi connectivity index (χ0n) is 33.9. The van der Waals surface area contributed by atoms with Crippen molar-refractivity contribution in [1.82, 2.24) is 0 Å². The summed E-state index contributed by atoms with van der Waals surface area (Å²) in [5.41, 5.74) is 0. The molecule has 8 nitrogen and oxygen atoms in total. The van der Waals surface area contributed by atoms with Crippen molar-refractivity contribution in [3.63, 3.8) is 0 Å². The highest BCUT2D eigenvalue weighted by Crippen LogP contribution is 2.38. The smallest absolute Gasteiger partial charge is 0.306 e. The number of likely N-dealkylation sites (N-methyl/N-ethyl adjacent to an activating group) is 1. The summed E-state index contributed by atoms with van der Waals surface area (Å²) >= 11 is 0. The van der Waals surface area contributed by atoms with E-state index in [1.807, 2.05) is 21.1 Å². The molecule has 0 aliphatic heterocycles. The fraction of sp³-hybridized carbons (Fsp3) is 0.976. The number of rotatable bonds is 40. The van der Waals surface area contributed by atoms with Gasteiger partial charge >= 0.3 is 5.97 Å². The molecule has 0 N–H and O–H groups in total. The molecule has 0 heterocycles. The van der Waals surface area contributed by atoms with Crippen molar-refractivity contribution >= 4 is 13.8 Å². The third-order valence-electron chi connectivity index (χ3n) is 9.41. The fourth-order valence-electron chi connectivity index (χ4n) is 6.08. The Morgan fingerprint density at radius 1 is 0.540 bits per heavy atom. The summed E-state index contributed by atoms with van der Waals surface area (Å²) in [7, 11) is 1.37. The third-order valence-corrected chi connectivity index (χ3v) is 10.4. The number of carbonyl (C=O) groups excluding carboxylic acids is 1. The molecule has 0 aromatic carbocycles. The van der Waals surface area contributed by atoms with Crippen molar-refractivity contribution in [2.45, 2.75) is 206 Å².